The van der Waals surface area contributed by atoms with E-state index in [9.17, 15) is 8.42 Å². The van der Waals surface area contributed by atoms with E-state index in [-0.39, 0.29) is 4.90 Å². The number of sulfonamides is 1. The highest BCUT2D eigenvalue weighted by atomic mass is 32.2. The van der Waals surface area contributed by atoms with Gasteiger partial charge in [-0.05, 0) is 66.1 Å². The molecule has 3 aliphatic carbocycles. The molecule has 3 aliphatic rings. The number of rotatable bonds is 5. The Morgan fingerprint density at radius 3 is 2.74 bits per heavy atom. The third-order valence-corrected chi connectivity index (χ3v) is 7.77. The lowest BCUT2D eigenvalue weighted by Gasteiger charge is -2.55. The SMILES string of the molecule is CN(C)S(=O)(=O)c1cccc(NC(=S)N/N=C\C2=CC[C@H]3C[C@@H]2C3(C)C)c1. The highest BCUT2D eigenvalue weighted by molar-refractivity contribution is 7.89. The number of thiocarbonyl (C=S) groups is 1. The van der Waals surface area contributed by atoms with Crippen molar-refractivity contribution in [2.45, 2.75) is 31.6 Å². The highest BCUT2D eigenvalue weighted by Gasteiger charge is 2.50. The molecule has 0 spiro atoms. The standard InChI is InChI=1S/C19H26N4O2S2/c1-19(2)14-9-8-13(17(19)10-14)12-20-22-18(26)21-15-6-5-7-16(11-15)27(24,25)23(3)4/h5-8,11-12,14,17H,9-10H2,1-4H3,(H2,21,22,26)/b20-12-/t14-,17-/m0/s1. The number of allylic oxidation sites excluding steroid dienone is 2. The molecule has 0 aromatic heterocycles. The average molecular weight is 407 g/mol. The van der Waals surface area contributed by atoms with Crippen LogP contribution in [0.15, 0.2) is 45.9 Å². The van der Waals surface area contributed by atoms with Gasteiger partial charge in [-0.3, -0.25) is 5.43 Å². The summed E-state index contributed by atoms with van der Waals surface area (Å²) in [6.45, 7) is 4.64. The van der Waals surface area contributed by atoms with E-state index in [2.05, 4.69) is 35.8 Å². The van der Waals surface area contributed by atoms with Gasteiger partial charge in [0.1, 0.15) is 0 Å². The number of benzene rings is 1. The van der Waals surface area contributed by atoms with Crippen LogP contribution in [0, 0.1) is 17.3 Å². The Hall–Kier alpha value is -1.77. The smallest absolute Gasteiger partial charge is 0.242 e. The molecule has 0 aliphatic heterocycles. The molecule has 1 fully saturated rings. The molecule has 2 N–H and O–H groups in total. The van der Waals surface area contributed by atoms with Gasteiger partial charge < -0.3 is 5.32 Å². The molecule has 1 aromatic carbocycles. The third-order valence-electron chi connectivity index (χ3n) is 5.76. The van der Waals surface area contributed by atoms with Crippen LogP contribution in [0.2, 0.25) is 0 Å². The third kappa shape index (κ3) is 3.93. The number of hydrazone groups is 1. The van der Waals surface area contributed by atoms with Crippen LogP contribution in [0.4, 0.5) is 5.69 Å². The summed E-state index contributed by atoms with van der Waals surface area (Å²) < 4.78 is 25.6. The summed E-state index contributed by atoms with van der Waals surface area (Å²) in [5, 5.41) is 7.54. The number of hydrogen-bond donors (Lipinski definition) is 2. The molecule has 0 radical (unpaired) electrons. The number of hydrogen-bond acceptors (Lipinski definition) is 4. The van der Waals surface area contributed by atoms with Crippen molar-refractivity contribution < 1.29 is 8.42 Å². The predicted octanol–water partition coefficient (Wildman–Crippen LogP) is 3.20. The molecule has 146 valence electrons. The summed E-state index contributed by atoms with van der Waals surface area (Å²) in [6, 6.07) is 6.53. The zero-order chi connectivity index (χ0) is 19.8. The molecule has 1 aromatic rings. The second-order valence-corrected chi connectivity index (χ2v) is 10.4. The van der Waals surface area contributed by atoms with E-state index in [0.29, 0.717) is 22.1 Å². The van der Waals surface area contributed by atoms with Gasteiger partial charge in [0.2, 0.25) is 10.0 Å². The van der Waals surface area contributed by atoms with E-state index < -0.39 is 10.0 Å². The lowest BCUT2D eigenvalue weighted by atomic mass is 9.49. The molecule has 6 nitrogen and oxygen atoms in total. The Morgan fingerprint density at radius 2 is 2.11 bits per heavy atom. The number of fused-ring (bicyclic) bond motifs is 1. The first kappa shape index (κ1) is 20.0. The van der Waals surface area contributed by atoms with Crippen molar-refractivity contribution >= 4 is 39.3 Å². The largest absolute Gasteiger partial charge is 0.331 e. The Labute approximate surface area is 166 Å². The fourth-order valence-corrected chi connectivity index (χ4v) is 4.93. The number of nitrogens with one attached hydrogen (secondary N) is 2. The zero-order valence-electron chi connectivity index (χ0n) is 16.1. The minimum absolute atomic E-state index is 0.206. The van der Waals surface area contributed by atoms with Crippen LogP contribution in [0.1, 0.15) is 26.7 Å². The summed E-state index contributed by atoms with van der Waals surface area (Å²) in [5.74, 6) is 1.36. The summed E-state index contributed by atoms with van der Waals surface area (Å²) >= 11 is 5.26. The first-order valence-electron chi connectivity index (χ1n) is 8.95. The minimum Gasteiger partial charge on any atom is -0.331 e. The molecule has 0 unspecified atom stereocenters. The molecule has 2 atom stereocenters. The predicted molar refractivity (Wildman–Crippen MR) is 113 cm³/mol. The molecule has 0 heterocycles. The maximum absolute atomic E-state index is 12.2. The zero-order valence-corrected chi connectivity index (χ0v) is 17.7. The highest BCUT2D eigenvalue weighted by Crippen LogP contribution is 2.58. The summed E-state index contributed by atoms with van der Waals surface area (Å²) in [4.78, 5) is 0.206. The van der Waals surface area contributed by atoms with Gasteiger partial charge in [-0.1, -0.05) is 26.0 Å². The van der Waals surface area contributed by atoms with E-state index in [0.717, 1.165) is 12.3 Å². The summed E-state index contributed by atoms with van der Waals surface area (Å²) in [6.07, 6.45) is 6.46. The maximum Gasteiger partial charge on any atom is 0.242 e. The van der Waals surface area contributed by atoms with Crippen molar-refractivity contribution in [1.82, 2.24) is 9.73 Å². The van der Waals surface area contributed by atoms with Gasteiger partial charge in [-0.15, -0.1) is 0 Å². The Balaban J connectivity index is 1.60. The van der Waals surface area contributed by atoms with Crippen LogP contribution in [0.25, 0.3) is 0 Å². The molecule has 1 saturated carbocycles. The van der Waals surface area contributed by atoms with Crippen LogP contribution in [0.5, 0.6) is 0 Å². The van der Waals surface area contributed by atoms with Gasteiger partial charge in [0.15, 0.2) is 5.11 Å². The first-order chi connectivity index (χ1) is 12.6. The van der Waals surface area contributed by atoms with Gasteiger partial charge in [-0.2, -0.15) is 5.10 Å². The number of anilines is 1. The fraction of sp³-hybridized carbons (Fsp3) is 0.474. The van der Waals surface area contributed by atoms with Crippen LogP contribution >= 0.6 is 12.2 Å². The maximum atomic E-state index is 12.2. The van der Waals surface area contributed by atoms with Crippen molar-refractivity contribution in [3.63, 3.8) is 0 Å². The molecule has 27 heavy (non-hydrogen) atoms. The molecule has 0 amide bonds. The van der Waals surface area contributed by atoms with Gasteiger partial charge in [-0.25, -0.2) is 12.7 Å². The number of nitrogens with zero attached hydrogens (tertiary/aromatic N) is 2. The van der Waals surface area contributed by atoms with Gasteiger partial charge in [0.05, 0.1) is 11.1 Å². The molecule has 0 saturated heterocycles. The lowest BCUT2D eigenvalue weighted by molar-refractivity contribution is -0.00126. The van der Waals surface area contributed by atoms with Crippen molar-refractivity contribution in [3.05, 3.63) is 35.9 Å². The van der Waals surface area contributed by atoms with Crippen LogP contribution in [-0.4, -0.2) is 38.1 Å². The molecular weight excluding hydrogens is 380 g/mol. The second-order valence-electron chi connectivity index (χ2n) is 7.89. The minimum atomic E-state index is -3.49. The molecular formula is C19H26N4O2S2. The molecule has 2 bridgehead atoms. The normalized spacial score (nSPS) is 23.7. The van der Waals surface area contributed by atoms with Crippen LogP contribution in [-0.2, 0) is 10.0 Å². The monoisotopic (exact) mass is 406 g/mol. The van der Waals surface area contributed by atoms with E-state index >= 15 is 0 Å². The Kier molecular flexibility index (Phi) is 5.42. The average Bonchev–Trinajstić information content (AvgIpc) is 2.61. The van der Waals surface area contributed by atoms with E-state index in [1.807, 2.05) is 6.21 Å². The van der Waals surface area contributed by atoms with Crippen molar-refractivity contribution in [1.29, 1.82) is 0 Å². The van der Waals surface area contributed by atoms with E-state index in [1.165, 1.54) is 30.4 Å². The fourth-order valence-electron chi connectivity index (χ4n) is 3.81. The lowest BCUT2D eigenvalue weighted by Crippen LogP contribution is -2.48. The van der Waals surface area contributed by atoms with E-state index in [4.69, 9.17) is 12.2 Å². The topological polar surface area (TPSA) is 73.8 Å². The van der Waals surface area contributed by atoms with Crippen molar-refractivity contribution in [2.75, 3.05) is 19.4 Å². The Morgan fingerprint density at radius 1 is 1.37 bits per heavy atom. The quantitative estimate of drug-likeness (QED) is 0.446. The van der Waals surface area contributed by atoms with Crippen molar-refractivity contribution in [3.8, 4) is 0 Å². The summed E-state index contributed by atoms with van der Waals surface area (Å²) in [7, 11) is -0.483. The summed E-state index contributed by atoms with van der Waals surface area (Å²) in [5.41, 5.74) is 5.02. The van der Waals surface area contributed by atoms with Crippen LogP contribution in [0.3, 0.4) is 0 Å². The van der Waals surface area contributed by atoms with Gasteiger partial charge in [0.25, 0.3) is 0 Å². The Bertz CT molecular complexity index is 904. The first-order valence-corrected chi connectivity index (χ1v) is 10.8. The van der Waals surface area contributed by atoms with E-state index in [1.54, 1.807) is 24.3 Å². The second kappa shape index (κ2) is 7.33. The van der Waals surface area contributed by atoms with Gasteiger partial charge >= 0.3 is 0 Å². The molecule has 8 heteroatoms. The van der Waals surface area contributed by atoms with Crippen molar-refractivity contribution in [2.24, 2.45) is 22.4 Å². The molecule has 4 rings (SSSR count). The van der Waals surface area contributed by atoms with Gasteiger partial charge in [0, 0.05) is 19.8 Å². The van der Waals surface area contributed by atoms with Crippen LogP contribution < -0.4 is 10.7 Å².